The van der Waals surface area contributed by atoms with Crippen molar-refractivity contribution in [1.29, 1.82) is 5.26 Å². The molecule has 0 radical (unpaired) electrons. The van der Waals surface area contributed by atoms with Crippen LogP contribution in [0.4, 0.5) is 0 Å². The maximum absolute atomic E-state index is 11.3. The molecule has 106 valence electrons. The molecule has 0 fully saturated rings. The first-order valence-electron chi connectivity index (χ1n) is 5.75. The van der Waals surface area contributed by atoms with Crippen molar-refractivity contribution >= 4 is 23.7 Å². The quantitative estimate of drug-likeness (QED) is 0.496. The van der Waals surface area contributed by atoms with Crippen LogP contribution in [-0.4, -0.2) is 15.9 Å². The zero-order valence-electron chi connectivity index (χ0n) is 10.9. The van der Waals surface area contributed by atoms with Crippen LogP contribution in [0.5, 0.6) is 0 Å². The van der Waals surface area contributed by atoms with Gasteiger partial charge in [-0.25, -0.2) is 4.98 Å². The Kier molecular flexibility index (Phi) is 4.25. The van der Waals surface area contributed by atoms with Gasteiger partial charge in [-0.15, -0.1) is 0 Å². The van der Waals surface area contributed by atoms with Gasteiger partial charge in [0.05, 0.1) is 0 Å². The lowest BCUT2D eigenvalue weighted by Crippen LogP contribution is -2.12. The molecule has 21 heavy (non-hydrogen) atoms. The minimum Gasteiger partial charge on any atom is -0.450 e. The average molecular weight is 302 g/mol. The predicted octanol–water partition coefficient (Wildman–Crippen LogP) is 1.21. The fourth-order valence-electron chi connectivity index (χ4n) is 1.46. The molecule has 2 heterocycles. The van der Waals surface area contributed by atoms with E-state index in [4.69, 9.17) is 15.4 Å². The van der Waals surface area contributed by atoms with E-state index in [0.29, 0.717) is 21.7 Å². The molecule has 0 bridgehead atoms. The van der Waals surface area contributed by atoms with Crippen molar-refractivity contribution < 1.29 is 9.21 Å². The van der Waals surface area contributed by atoms with Crippen molar-refractivity contribution in [3.63, 3.8) is 0 Å². The lowest BCUT2D eigenvalue weighted by atomic mass is 10.2. The Morgan fingerprint density at radius 1 is 1.57 bits per heavy atom. The molecule has 2 aromatic rings. The van der Waals surface area contributed by atoms with Crippen molar-refractivity contribution in [2.45, 2.75) is 17.2 Å². The molecule has 0 atom stereocenters. The molecular weight excluding hydrogens is 292 g/mol. The fourth-order valence-corrected chi connectivity index (χ4v) is 2.27. The molecule has 2 rings (SSSR count). The average Bonchev–Trinajstić information content (AvgIpc) is 2.81. The summed E-state index contributed by atoms with van der Waals surface area (Å²) in [6.07, 6.45) is 1.25. The second-order valence-corrected chi connectivity index (χ2v) is 4.98. The van der Waals surface area contributed by atoms with Gasteiger partial charge in [0.15, 0.2) is 10.2 Å². The number of furan rings is 1. The Labute approximate surface area is 123 Å². The summed E-state index contributed by atoms with van der Waals surface area (Å²) < 4.78 is 5.42. The number of aromatic nitrogens is 2. The molecular formula is C13H10N4O3S. The molecule has 0 spiro atoms. The number of hydrogen-bond acceptors (Lipinski definition) is 6. The second-order valence-electron chi connectivity index (χ2n) is 3.98. The fraction of sp³-hybridized carbons (Fsp3) is 0.0769. The van der Waals surface area contributed by atoms with Gasteiger partial charge in [-0.1, -0.05) is 0 Å². The summed E-state index contributed by atoms with van der Waals surface area (Å²) in [7, 11) is 0. The number of aromatic amines is 1. The van der Waals surface area contributed by atoms with Crippen LogP contribution in [0, 0.1) is 18.3 Å². The van der Waals surface area contributed by atoms with E-state index >= 15 is 0 Å². The number of amides is 1. The van der Waals surface area contributed by atoms with Crippen LogP contribution < -0.4 is 11.3 Å². The van der Waals surface area contributed by atoms with Crippen molar-refractivity contribution in [3.8, 4) is 6.07 Å². The Bertz CT molecular complexity index is 813. The SMILES string of the molecule is Cc1cc(=O)[nH]c(Sc2ccc(/C=C(\C#N)C(N)=O)o2)n1. The normalized spacial score (nSPS) is 11.1. The van der Waals surface area contributed by atoms with Gasteiger partial charge < -0.3 is 15.1 Å². The van der Waals surface area contributed by atoms with Gasteiger partial charge in [-0.3, -0.25) is 9.59 Å². The van der Waals surface area contributed by atoms with Crippen LogP contribution in [0.1, 0.15) is 11.5 Å². The van der Waals surface area contributed by atoms with E-state index < -0.39 is 5.91 Å². The highest BCUT2D eigenvalue weighted by molar-refractivity contribution is 7.99. The van der Waals surface area contributed by atoms with Crippen LogP contribution in [0.3, 0.4) is 0 Å². The van der Waals surface area contributed by atoms with Crippen LogP contribution in [0.15, 0.2) is 43.2 Å². The Hall–Kier alpha value is -2.79. The van der Waals surface area contributed by atoms with Crippen LogP contribution >= 0.6 is 11.8 Å². The van der Waals surface area contributed by atoms with E-state index in [9.17, 15) is 9.59 Å². The maximum Gasteiger partial charge on any atom is 0.259 e. The number of rotatable bonds is 4. The summed E-state index contributed by atoms with van der Waals surface area (Å²) in [6.45, 7) is 1.71. The number of carbonyl (C=O) groups is 1. The van der Waals surface area contributed by atoms with Gasteiger partial charge in [-0.2, -0.15) is 5.26 Å². The number of H-pyrrole nitrogens is 1. The number of nitrogens with one attached hydrogen (secondary N) is 1. The van der Waals surface area contributed by atoms with Crippen molar-refractivity contribution in [2.75, 3.05) is 0 Å². The van der Waals surface area contributed by atoms with Crippen LogP contribution in [0.25, 0.3) is 6.08 Å². The Balaban J connectivity index is 2.23. The van der Waals surface area contributed by atoms with E-state index in [2.05, 4.69) is 9.97 Å². The van der Waals surface area contributed by atoms with E-state index in [0.717, 1.165) is 11.8 Å². The maximum atomic E-state index is 11.3. The zero-order chi connectivity index (χ0) is 15.4. The first-order chi connectivity index (χ1) is 9.97. The van der Waals surface area contributed by atoms with Crippen LogP contribution in [-0.2, 0) is 4.79 Å². The topological polar surface area (TPSA) is 126 Å². The number of hydrogen-bond donors (Lipinski definition) is 2. The molecule has 0 unspecified atom stereocenters. The van der Waals surface area contributed by atoms with Gasteiger partial charge in [0.2, 0.25) is 0 Å². The number of nitrogens with zero attached hydrogens (tertiary/aromatic N) is 2. The first-order valence-corrected chi connectivity index (χ1v) is 6.57. The lowest BCUT2D eigenvalue weighted by Gasteiger charge is -1.98. The van der Waals surface area contributed by atoms with Crippen LogP contribution in [0.2, 0.25) is 0 Å². The smallest absolute Gasteiger partial charge is 0.259 e. The number of nitrogens with two attached hydrogens (primary N) is 1. The van der Waals surface area contributed by atoms with E-state index in [1.807, 2.05) is 0 Å². The van der Waals surface area contributed by atoms with Crippen molar-refractivity contribution in [3.05, 3.63) is 45.6 Å². The predicted molar refractivity (Wildman–Crippen MR) is 75.2 cm³/mol. The lowest BCUT2D eigenvalue weighted by molar-refractivity contribution is -0.114. The molecule has 0 saturated heterocycles. The summed E-state index contributed by atoms with van der Waals surface area (Å²) in [6, 6.07) is 6.28. The highest BCUT2D eigenvalue weighted by Gasteiger charge is 2.08. The van der Waals surface area contributed by atoms with Gasteiger partial charge in [0, 0.05) is 17.8 Å². The van der Waals surface area contributed by atoms with E-state index in [1.54, 1.807) is 25.1 Å². The first kappa shape index (κ1) is 14.6. The Morgan fingerprint density at radius 2 is 2.33 bits per heavy atom. The highest BCUT2D eigenvalue weighted by Crippen LogP contribution is 2.26. The second kappa shape index (κ2) is 6.11. The summed E-state index contributed by atoms with van der Waals surface area (Å²) in [5.74, 6) is -0.518. The molecule has 0 aromatic carbocycles. The highest BCUT2D eigenvalue weighted by atomic mass is 32.2. The summed E-state index contributed by atoms with van der Waals surface area (Å²) in [4.78, 5) is 29.0. The minimum atomic E-state index is -0.826. The molecule has 0 saturated carbocycles. The minimum absolute atomic E-state index is 0.206. The monoisotopic (exact) mass is 302 g/mol. The summed E-state index contributed by atoms with van der Waals surface area (Å²) >= 11 is 1.12. The van der Waals surface area contributed by atoms with Gasteiger partial charge in [-0.05, 0) is 30.8 Å². The number of nitriles is 1. The van der Waals surface area contributed by atoms with Gasteiger partial charge >= 0.3 is 0 Å². The summed E-state index contributed by atoms with van der Waals surface area (Å²) in [5.41, 5.74) is 5.17. The third-order valence-corrected chi connectivity index (χ3v) is 3.13. The third kappa shape index (κ3) is 3.84. The summed E-state index contributed by atoms with van der Waals surface area (Å²) in [5, 5.41) is 9.59. The number of aryl methyl sites for hydroxylation is 1. The molecule has 0 aliphatic rings. The standard InChI is InChI=1S/C13H10N4O3S/c1-7-4-10(18)17-13(16-7)21-11-3-2-9(20-11)5-8(6-14)12(15)19/h2-5H,1H3,(H2,15,19)(H,16,17,18)/b8-5+. The van der Waals surface area contributed by atoms with Crippen molar-refractivity contribution in [1.82, 2.24) is 9.97 Å². The molecule has 8 heteroatoms. The molecule has 1 amide bonds. The molecule has 7 nitrogen and oxygen atoms in total. The third-order valence-electron chi connectivity index (χ3n) is 2.32. The molecule has 3 N–H and O–H groups in total. The molecule has 2 aromatic heterocycles. The van der Waals surface area contributed by atoms with Gasteiger partial charge in [0.1, 0.15) is 17.4 Å². The number of primary amides is 1. The largest absolute Gasteiger partial charge is 0.450 e. The van der Waals surface area contributed by atoms with E-state index in [1.165, 1.54) is 12.1 Å². The number of carbonyl (C=O) groups excluding carboxylic acids is 1. The Morgan fingerprint density at radius 3 is 2.95 bits per heavy atom. The molecule has 0 aliphatic heterocycles. The molecule has 0 aliphatic carbocycles. The van der Waals surface area contributed by atoms with Gasteiger partial charge in [0.25, 0.3) is 11.5 Å². The van der Waals surface area contributed by atoms with E-state index in [-0.39, 0.29) is 11.1 Å². The zero-order valence-corrected chi connectivity index (χ0v) is 11.7. The van der Waals surface area contributed by atoms with Crippen molar-refractivity contribution in [2.24, 2.45) is 5.73 Å².